The van der Waals surface area contributed by atoms with Crippen LogP contribution in [0.4, 0.5) is 0 Å². The van der Waals surface area contributed by atoms with Gasteiger partial charge in [-0.1, -0.05) is 48.0 Å². The Morgan fingerprint density at radius 2 is 1.67 bits per heavy atom. The van der Waals surface area contributed by atoms with Crippen molar-refractivity contribution in [3.05, 3.63) is 0 Å². The minimum atomic E-state index is -0.640. The third-order valence-corrected chi connectivity index (χ3v) is 12.4. The second kappa shape index (κ2) is 8.18. The van der Waals surface area contributed by atoms with E-state index < -0.39 is 12.2 Å². The molecule has 1 saturated heterocycles. The molecule has 3 N–H and O–H groups in total. The molecule has 1 aliphatic heterocycles. The summed E-state index contributed by atoms with van der Waals surface area (Å²) in [6.45, 7) is 13.7. The molecule has 4 saturated carbocycles. The number of hydrogen-bond acceptors (Lipinski definition) is 4. The highest BCUT2D eigenvalue weighted by atomic mass is 16.6. The third-order valence-electron chi connectivity index (χ3n) is 12.4. The monoisotopic (exact) mass is 462 g/mol. The molecule has 4 heteroatoms. The Hall–Kier alpha value is -0.160. The van der Waals surface area contributed by atoms with Crippen LogP contribution < -0.4 is 0 Å². The number of fused-ring (bicyclic) bond motifs is 4. The van der Waals surface area contributed by atoms with Crippen molar-refractivity contribution in [1.29, 1.82) is 0 Å². The van der Waals surface area contributed by atoms with Crippen LogP contribution in [-0.4, -0.2) is 45.3 Å². The molecule has 33 heavy (non-hydrogen) atoms. The van der Waals surface area contributed by atoms with Gasteiger partial charge in [0.25, 0.3) is 0 Å². The summed E-state index contributed by atoms with van der Waals surface area (Å²) >= 11 is 0. The van der Waals surface area contributed by atoms with Crippen LogP contribution in [-0.2, 0) is 4.74 Å². The summed E-state index contributed by atoms with van der Waals surface area (Å²) < 4.78 is 6.49. The Balaban J connectivity index is 1.35. The van der Waals surface area contributed by atoms with E-state index in [2.05, 4.69) is 41.5 Å². The number of aliphatic hydroxyl groups is 3. The average molecular weight is 463 g/mol. The van der Waals surface area contributed by atoms with Gasteiger partial charge in [-0.15, -0.1) is 0 Å². The molecule has 1 unspecified atom stereocenters. The summed E-state index contributed by atoms with van der Waals surface area (Å²) in [5.41, 5.74) is 0.420. The summed E-state index contributed by atoms with van der Waals surface area (Å²) in [5, 5.41) is 32.8. The molecule has 1 heterocycles. The number of hydrogen-bond donors (Lipinski definition) is 3. The van der Waals surface area contributed by atoms with Crippen LogP contribution in [0.15, 0.2) is 0 Å². The minimum Gasteiger partial charge on any atom is -0.393 e. The summed E-state index contributed by atoms with van der Waals surface area (Å²) in [5.74, 6) is 3.25. The van der Waals surface area contributed by atoms with E-state index in [0.717, 1.165) is 25.7 Å². The predicted octanol–water partition coefficient (Wildman–Crippen LogP) is 5.18. The van der Waals surface area contributed by atoms with Crippen molar-refractivity contribution in [1.82, 2.24) is 0 Å². The van der Waals surface area contributed by atoms with Crippen LogP contribution in [0.5, 0.6) is 0 Å². The van der Waals surface area contributed by atoms with Crippen molar-refractivity contribution >= 4 is 0 Å². The first-order chi connectivity index (χ1) is 15.5. The predicted molar refractivity (Wildman–Crippen MR) is 131 cm³/mol. The van der Waals surface area contributed by atoms with Crippen LogP contribution in [0, 0.1) is 52.3 Å². The normalized spacial score (nSPS) is 52.2. The van der Waals surface area contributed by atoms with E-state index in [4.69, 9.17) is 4.74 Å². The molecule has 5 rings (SSSR count). The highest BCUT2D eigenvalue weighted by Gasteiger charge is 2.76. The maximum atomic E-state index is 11.3. The number of aliphatic hydroxyl groups excluding tert-OH is 3. The molecule has 0 radical (unpaired) electrons. The van der Waals surface area contributed by atoms with Crippen molar-refractivity contribution in [2.75, 3.05) is 0 Å². The molecule has 0 aromatic rings. The molecule has 5 fully saturated rings. The summed E-state index contributed by atoms with van der Waals surface area (Å²) in [7, 11) is 0. The van der Waals surface area contributed by atoms with Gasteiger partial charge in [-0.05, 0) is 91.8 Å². The van der Waals surface area contributed by atoms with Gasteiger partial charge >= 0.3 is 0 Å². The van der Waals surface area contributed by atoms with E-state index >= 15 is 0 Å². The lowest BCUT2D eigenvalue weighted by Gasteiger charge is -2.59. The van der Waals surface area contributed by atoms with Gasteiger partial charge in [0.1, 0.15) is 5.60 Å². The molecule has 1 spiro atoms. The lowest BCUT2D eigenvalue weighted by molar-refractivity contribution is -0.127. The Morgan fingerprint density at radius 3 is 2.33 bits per heavy atom. The molecule has 4 aliphatic carbocycles. The zero-order valence-corrected chi connectivity index (χ0v) is 22.0. The fourth-order valence-corrected chi connectivity index (χ4v) is 10.5. The molecule has 5 aliphatic rings. The second-order valence-electron chi connectivity index (χ2n) is 13.8. The minimum absolute atomic E-state index is 0.0445. The fourth-order valence-electron chi connectivity index (χ4n) is 10.5. The first-order valence-corrected chi connectivity index (χ1v) is 14.2. The Bertz CT molecular complexity index is 739. The first kappa shape index (κ1) is 24.5. The van der Waals surface area contributed by atoms with Crippen LogP contribution in [0.25, 0.3) is 0 Å². The van der Waals surface area contributed by atoms with Crippen LogP contribution in [0.3, 0.4) is 0 Å². The molecular formula is C29H50O4. The van der Waals surface area contributed by atoms with Gasteiger partial charge in [0, 0.05) is 11.8 Å². The van der Waals surface area contributed by atoms with Gasteiger partial charge < -0.3 is 20.1 Å². The Morgan fingerprint density at radius 1 is 0.939 bits per heavy atom. The van der Waals surface area contributed by atoms with Gasteiger partial charge in [-0.3, -0.25) is 0 Å². The smallest absolute Gasteiger partial charge is 0.103 e. The van der Waals surface area contributed by atoms with Gasteiger partial charge in [-0.2, -0.15) is 0 Å². The Labute approximate surface area is 201 Å². The molecule has 4 nitrogen and oxygen atoms in total. The molecule has 13 atom stereocenters. The van der Waals surface area contributed by atoms with Crippen molar-refractivity contribution in [2.24, 2.45) is 52.3 Å². The summed E-state index contributed by atoms with van der Waals surface area (Å²) in [6, 6.07) is 0. The first-order valence-electron chi connectivity index (χ1n) is 14.2. The zero-order chi connectivity index (χ0) is 23.9. The SMILES string of the molecule is CCC(C(C)C)[C@@H](O)[C@H](O)[C@@H](C)[C@H]1CC[C@H]2[C@@H]3C[C@@H]4O[C@@]45C[C@@H](O)CC[C@]5(C)[C@H]3CC[C@]12C. The average Bonchev–Trinajstić information content (AvgIpc) is 3.34. The maximum absolute atomic E-state index is 11.3. The van der Waals surface area contributed by atoms with E-state index in [9.17, 15) is 15.3 Å². The maximum Gasteiger partial charge on any atom is 0.103 e. The molecular weight excluding hydrogens is 412 g/mol. The zero-order valence-electron chi connectivity index (χ0n) is 22.0. The van der Waals surface area contributed by atoms with E-state index in [-0.39, 0.29) is 34.4 Å². The molecule has 190 valence electrons. The highest BCUT2D eigenvalue weighted by Crippen LogP contribution is 2.74. The molecule has 0 aromatic heterocycles. The highest BCUT2D eigenvalue weighted by molar-refractivity contribution is 5.24. The number of epoxide rings is 1. The fraction of sp³-hybridized carbons (Fsp3) is 1.00. The second-order valence-corrected chi connectivity index (χ2v) is 13.8. The van der Waals surface area contributed by atoms with E-state index in [1.165, 1.54) is 32.1 Å². The van der Waals surface area contributed by atoms with Gasteiger partial charge in [0.15, 0.2) is 0 Å². The van der Waals surface area contributed by atoms with E-state index in [1.807, 2.05) is 0 Å². The summed E-state index contributed by atoms with van der Waals surface area (Å²) in [4.78, 5) is 0. The molecule has 0 amide bonds. The number of ether oxygens (including phenoxy) is 1. The standard InChI is InChI=1S/C29H50O4/c1-7-19(16(2)3)26(32)25(31)17(4)21-8-9-22-20-14-24-29(33-24)15-18(30)10-13-28(29,6)23(20)11-12-27(21,22)5/h16-26,30-32H,7-15H2,1-6H3/t17-,18-,19?,20-,21+,22-,23-,24-,25+,26+,27+,28+,29-/m0/s1. The van der Waals surface area contributed by atoms with Crippen molar-refractivity contribution in [3.8, 4) is 0 Å². The lowest BCUT2D eigenvalue weighted by Crippen LogP contribution is -2.59. The van der Waals surface area contributed by atoms with Gasteiger partial charge in [-0.25, -0.2) is 0 Å². The number of rotatable bonds is 6. The van der Waals surface area contributed by atoms with Gasteiger partial charge in [0.05, 0.1) is 24.4 Å². The molecule has 0 bridgehead atoms. The van der Waals surface area contributed by atoms with Crippen molar-refractivity contribution in [3.63, 3.8) is 0 Å². The van der Waals surface area contributed by atoms with Crippen molar-refractivity contribution in [2.45, 2.75) is 129 Å². The lowest BCUT2D eigenvalue weighted by atomic mass is 9.44. The topological polar surface area (TPSA) is 73.2 Å². The van der Waals surface area contributed by atoms with Crippen LogP contribution >= 0.6 is 0 Å². The van der Waals surface area contributed by atoms with E-state index in [1.54, 1.807) is 0 Å². The quantitative estimate of drug-likeness (QED) is 0.476. The van der Waals surface area contributed by atoms with Gasteiger partial charge in [0.2, 0.25) is 0 Å². The van der Waals surface area contributed by atoms with E-state index in [0.29, 0.717) is 35.7 Å². The summed E-state index contributed by atoms with van der Waals surface area (Å²) in [6.07, 6.45) is 8.78. The van der Waals surface area contributed by atoms with Crippen LogP contribution in [0.1, 0.15) is 99.3 Å². The molecule has 0 aromatic carbocycles. The third kappa shape index (κ3) is 3.36. The Kier molecular flexibility index (Phi) is 6.08. The van der Waals surface area contributed by atoms with Crippen LogP contribution in [0.2, 0.25) is 0 Å². The van der Waals surface area contributed by atoms with Crippen molar-refractivity contribution < 1.29 is 20.1 Å². The largest absolute Gasteiger partial charge is 0.393 e.